The highest BCUT2D eigenvalue weighted by Gasteiger charge is 2.27. The molecule has 0 aliphatic rings. The predicted molar refractivity (Wildman–Crippen MR) is 151 cm³/mol. The molecule has 4 aromatic rings. The summed E-state index contributed by atoms with van der Waals surface area (Å²) in [5.41, 5.74) is 3.60. The molecule has 0 saturated carbocycles. The Balaban J connectivity index is 1.47. The van der Waals surface area contributed by atoms with E-state index in [1.807, 2.05) is 79.7 Å². The van der Waals surface area contributed by atoms with E-state index in [1.165, 1.54) is 0 Å². The zero-order valence-corrected chi connectivity index (χ0v) is 22.0. The van der Waals surface area contributed by atoms with E-state index in [0.29, 0.717) is 17.8 Å². The fourth-order valence-electron chi connectivity index (χ4n) is 4.05. The van der Waals surface area contributed by atoms with Crippen LogP contribution in [0.25, 0.3) is 0 Å². The Hall–Kier alpha value is -4.91. The van der Waals surface area contributed by atoms with Crippen molar-refractivity contribution in [2.75, 3.05) is 19.0 Å². The summed E-state index contributed by atoms with van der Waals surface area (Å²) in [5.74, 6) is -0.853. The lowest BCUT2D eigenvalue weighted by Gasteiger charge is -2.25. The summed E-state index contributed by atoms with van der Waals surface area (Å²) in [5, 5.41) is 5.65. The van der Waals surface area contributed by atoms with Crippen LogP contribution in [0.4, 0.5) is 5.69 Å². The van der Waals surface area contributed by atoms with Gasteiger partial charge in [0.25, 0.3) is 11.8 Å². The molecule has 7 nitrogen and oxygen atoms in total. The average molecular weight is 522 g/mol. The maximum Gasteiger partial charge on any atom is 0.262 e. The number of para-hydroxylation sites is 1. The molecule has 7 heteroatoms. The van der Waals surface area contributed by atoms with Crippen LogP contribution in [0.2, 0.25) is 0 Å². The van der Waals surface area contributed by atoms with E-state index in [0.717, 1.165) is 11.1 Å². The Morgan fingerprint density at radius 3 is 2.10 bits per heavy atom. The lowest BCUT2D eigenvalue weighted by molar-refractivity contribution is -0.132. The van der Waals surface area contributed by atoms with Gasteiger partial charge in [-0.25, -0.2) is 0 Å². The number of aryl methyl sites for hydroxylation is 1. The van der Waals surface area contributed by atoms with Crippen molar-refractivity contribution in [1.82, 2.24) is 10.2 Å². The SMILES string of the molecule is Cc1ccc(NC(=O)COc2ccccc2C(=O)N[C@@H](C(=O)N(C)Cc2ccccc2)c2ccccc2)cc1. The second kappa shape index (κ2) is 13.1. The number of carbonyl (C=O) groups is 3. The molecule has 4 rings (SSSR count). The molecule has 0 spiro atoms. The van der Waals surface area contributed by atoms with Gasteiger partial charge < -0.3 is 20.3 Å². The zero-order chi connectivity index (χ0) is 27.6. The van der Waals surface area contributed by atoms with Crippen molar-refractivity contribution in [2.24, 2.45) is 0 Å². The number of carbonyl (C=O) groups excluding carboxylic acids is 3. The van der Waals surface area contributed by atoms with Crippen LogP contribution in [0.1, 0.15) is 33.1 Å². The first-order valence-corrected chi connectivity index (χ1v) is 12.6. The van der Waals surface area contributed by atoms with Gasteiger partial charge in [0, 0.05) is 19.3 Å². The largest absolute Gasteiger partial charge is 0.483 e. The molecule has 198 valence electrons. The smallest absolute Gasteiger partial charge is 0.262 e. The minimum Gasteiger partial charge on any atom is -0.483 e. The van der Waals surface area contributed by atoms with Crippen LogP contribution in [0.15, 0.2) is 109 Å². The number of hydrogen-bond donors (Lipinski definition) is 2. The second-order valence-electron chi connectivity index (χ2n) is 9.20. The van der Waals surface area contributed by atoms with Crippen molar-refractivity contribution < 1.29 is 19.1 Å². The van der Waals surface area contributed by atoms with Gasteiger partial charge >= 0.3 is 0 Å². The number of likely N-dealkylation sites (N-methyl/N-ethyl adjacent to an activating group) is 1. The summed E-state index contributed by atoms with van der Waals surface area (Å²) in [6.07, 6.45) is 0. The summed E-state index contributed by atoms with van der Waals surface area (Å²) in [6.45, 7) is 2.08. The van der Waals surface area contributed by atoms with E-state index in [4.69, 9.17) is 4.74 Å². The van der Waals surface area contributed by atoms with E-state index < -0.39 is 11.9 Å². The molecule has 4 aromatic carbocycles. The first kappa shape index (κ1) is 27.1. The maximum absolute atomic E-state index is 13.5. The Morgan fingerprint density at radius 1 is 0.795 bits per heavy atom. The van der Waals surface area contributed by atoms with Gasteiger partial charge in [-0.2, -0.15) is 0 Å². The van der Waals surface area contributed by atoms with Crippen molar-refractivity contribution >= 4 is 23.4 Å². The van der Waals surface area contributed by atoms with E-state index >= 15 is 0 Å². The van der Waals surface area contributed by atoms with E-state index in [9.17, 15) is 14.4 Å². The molecule has 0 unspecified atom stereocenters. The molecule has 0 saturated heterocycles. The molecule has 0 radical (unpaired) electrons. The molecule has 0 aromatic heterocycles. The van der Waals surface area contributed by atoms with Crippen LogP contribution in [-0.2, 0) is 16.1 Å². The summed E-state index contributed by atoms with van der Waals surface area (Å²) >= 11 is 0. The molecule has 39 heavy (non-hydrogen) atoms. The lowest BCUT2D eigenvalue weighted by Crippen LogP contribution is -2.41. The minimum absolute atomic E-state index is 0.222. The van der Waals surface area contributed by atoms with Gasteiger partial charge in [-0.3, -0.25) is 14.4 Å². The Kier molecular flexibility index (Phi) is 9.08. The third-order valence-corrected chi connectivity index (χ3v) is 6.12. The summed E-state index contributed by atoms with van der Waals surface area (Å²) < 4.78 is 5.72. The Bertz CT molecular complexity index is 1410. The number of hydrogen-bond acceptors (Lipinski definition) is 4. The molecular weight excluding hydrogens is 490 g/mol. The van der Waals surface area contributed by atoms with Gasteiger partial charge in [0.15, 0.2) is 6.61 Å². The topological polar surface area (TPSA) is 87.7 Å². The number of anilines is 1. The fraction of sp³-hybridized carbons (Fsp3) is 0.156. The van der Waals surface area contributed by atoms with Crippen molar-refractivity contribution in [3.63, 3.8) is 0 Å². The monoisotopic (exact) mass is 521 g/mol. The Morgan fingerprint density at radius 2 is 1.41 bits per heavy atom. The van der Waals surface area contributed by atoms with E-state index in [-0.39, 0.29) is 29.7 Å². The molecule has 0 aliphatic carbocycles. The number of ether oxygens (including phenoxy) is 1. The zero-order valence-electron chi connectivity index (χ0n) is 22.0. The predicted octanol–water partition coefficient (Wildman–Crippen LogP) is 5.14. The maximum atomic E-state index is 13.5. The number of nitrogens with one attached hydrogen (secondary N) is 2. The first-order chi connectivity index (χ1) is 18.9. The van der Waals surface area contributed by atoms with E-state index in [2.05, 4.69) is 10.6 Å². The summed E-state index contributed by atoms with van der Waals surface area (Å²) in [6, 6.07) is 31.9. The van der Waals surface area contributed by atoms with Crippen molar-refractivity contribution in [1.29, 1.82) is 0 Å². The summed E-state index contributed by atoms with van der Waals surface area (Å²) in [7, 11) is 1.71. The quantitative estimate of drug-likeness (QED) is 0.302. The molecule has 2 N–H and O–H groups in total. The number of benzene rings is 4. The Labute approximate surface area is 228 Å². The van der Waals surface area contributed by atoms with Crippen molar-refractivity contribution in [3.8, 4) is 5.75 Å². The van der Waals surface area contributed by atoms with Gasteiger partial charge in [-0.15, -0.1) is 0 Å². The van der Waals surface area contributed by atoms with E-state index in [1.54, 1.807) is 48.3 Å². The van der Waals surface area contributed by atoms with Gasteiger partial charge in [0.1, 0.15) is 11.8 Å². The average Bonchev–Trinajstić information content (AvgIpc) is 2.96. The van der Waals surface area contributed by atoms with Crippen LogP contribution in [0.5, 0.6) is 5.75 Å². The highest BCUT2D eigenvalue weighted by molar-refractivity contribution is 6.00. The summed E-state index contributed by atoms with van der Waals surface area (Å²) in [4.78, 5) is 41.0. The molecule has 0 bridgehead atoms. The highest BCUT2D eigenvalue weighted by atomic mass is 16.5. The fourth-order valence-corrected chi connectivity index (χ4v) is 4.05. The minimum atomic E-state index is -0.912. The van der Waals surface area contributed by atoms with Crippen LogP contribution in [0, 0.1) is 6.92 Å². The number of rotatable bonds is 10. The van der Waals surface area contributed by atoms with Gasteiger partial charge in [0.2, 0.25) is 5.91 Å². The third-order valence-electron chi connectivity index (χ3n) is 6.12. The molecule has 1 atom stereocenters. The van der Waals surface area contributed by atoms with Crippen LogP contribution < -0.4 is 15.4 Å². The molecule has 0 aliphatic heterocycles. The van der Waals surface area contributed by atoms with Crippen LogP contribution >= 0.6 is 0 Å². The highest BCUT2D eigenvalue weighted by Crippen LogP contribution is 2.22. The van der Waals surface area contributed by atoms with Gasteiger partial charge in [0.05, 0.1) is 5.56 Å². The van der Waals surface area contributed by atoms with Crippen LogP contribution in [0.3, 0.4) is 0 Å². The van der Waals surface area contributed by atoms with Gasteiger partial charge in [-0.05, 0) is 42.3 Å². The number of nitrogens with zero attached hydrogens (tertiary/aromatic N) is 1. The third kappa shape index (κ3) is 7.55. The first-order valence-electron chi connectivity index (χ1n) is 12.6. The second-order valence-corrected chi connectivity index (χ2v) is 9.20. The number of amides is 3. The molecule has 3 amide bonds. The molecular formula is C32H31N3O4. The van der Waals surface area contributed by atoms with Crippen molar-refractivity contribution in [2.45, 2.75) is 19.5 Å². The van der Waals surface area contributed by atoms with Crippen molar-refractivity contribution in [3.05, 3.63) is 131 Å². The molecule has 0 heterocycles. The van der Waals surface area contributed by atoms with Crippen LogP contribution in [-0.4, -0.2) is 36.3 Å². The molecule has 0 fully saturated rings. The lowest BCUT2D eigenvalue weighted by atomic mass is 10.0. The normalized spacial score (nSPS) is 11.2. The van der Waals surface area contributed by atoms with Gasteiger partial charge in [-0.1, -0.05) is 90.5 Å². The standard InChI is InChI=1S/C32H31N3O4/c1-23-17-19-26(20-18-23)33-29(36)22-39-28-16-10-9-15-27(28)31(37)34-30(25-13-7-4-8-14-25)32(38)35(2)21-24-11-5-3-6-12-24/h3-20,30H,21-22H2,1-2H3,(H,33,36)(H,34,37)/t30-/m1/s1.